The molecule has 1 heterocycles. The maximum Gasteiger partial charge on any atom is 0.335 e. The van der Waals surface area contributed by atoms with Crippen molar-refractivity contribution in [3.8, 4) is 0 Å². The molecule has 0 aliphatic heterocycles. The molecule has 18 heavy (non-hydrogen) atoms. The van der Waals surface area contributed by atoms with E-state index >= 15 is 0 Å². The molecule has 94 valence electrons. The highest BCUT2D eigenvalue weighted by atomic mass is 16.4. The highest BCUT2D eigenvalue weighted by Crippen LogP contribution is 2.25. The Hall–Kier alpha value is -2.14. The number of rotatable bonds is 4. The van der Waals surface area contributed by atoms with Gasteiger partial charge in [0.15, 0.2) is 6.29 Å². The van der Waals surface area contributed by atoms with Gasteiger partial charge in [-0.1, -0.05) is 0 Å². The van der Waals surface area contributed by atoms with Crippen LogP contribution in [-0.2, 0) is 6.54 Å². The van der Waals surface area contributed by atoms with E-state index in [0.717, 1.165) is 17.5 Å². The van der Waals surface area contributed by atoms with Crippen LogP contribution in [0.3, 0.4) is 0 Å². The zero-order valence-corrected chi connectivity index (χ0v) is 9.88. The highest BCUT2D eigenvalue weighted by molar-refractivity contribution is 6.02. The van der Waals surface area contributed by atoms with Crippen LogP contribution in [0, 0.1) is 6.92 Å². The third kappa shape index (κ3) is 1.78. The summed E-state index contributed by atoms with van der Waals surface area (Å²) in [5.74, 6) is -1.03. The van der Waals surface area contributed by atoms with E-state index in [0.29, 0.717) is 17.5 Å². The molecule has 0 spiro atoms. The number of fused-ring (bicyclic) bond motifs is 1. The molecule has 0 fully saturated rings. The van der Waals surface area contributed by atoms with Crippen molar-refractivity contribution in [2.75, 3.05) is 6.61 Å². The number of hydrogen-bond donors (Lipinski definition) is 2. The van der Waals surface area contributed by atoms with E-state index < -0.39 is 5.97 Å². The van der Waals surface area contributed by atoms with Crippen molar-refractivity contribution in [3.63, 3.8) is 0 Å². The molecule has 0 radical (unpaired) electrons. The summed E-state index contributed by atoms with van der Waals surface area (Å²) in [6.07, 6.45) is 0.719. The maximum absolute atomic E-state index is 11.1. The Labute approximate surface area is 103 Å². The minimum absolute atomic E-state index is 0.0381. The van der Waals surface area contributed by atoms with Gasteiger partial charge < -0.3 is 14.8 Å². The molecule has 0 saturated carbocycles. The van der Waals surface area contributed by atoms with Crippen molar-refractivity contribution in [1.29, 1.82) is 0 Å². The van der Waals surface area contributed by atoms with Crippen molar-refractivity contribution in [3.05, 3.63) is 35.0 Å². The van der Waals surface area contributed by atoms with Crippen molar-refractivity contribution < 1.29 is 19.8 Å². The number of hydrogen-bond acceptors (Lipinski definition) is 3. The van der Waals surface area contributed by atoms with Crippen molar-refractivity contribution in [2.24, 2.45) is 0 Å². The molecule has 0 bridgehead atoms. The number of aromatic nitrogens is 1. The Bertz CT molecular complexity index is 627. The quantitative estimate of drug-likeness (QED) is 0.801. The number of aliphatic hydroxyl groups excluding tert-OH is 1. The van der Waals surface area contributed by atoms with Crippen LogP contribution in [-0.4, -0.2) is 33.6 Å². The number of carbonyl (C=O) groups is 2. The van der Waals surface area contributed by atoms with Crippen LogP contribution in [0.25, 0.3) is 10.9 Å². The lowest BCUT2D eigenvalue weighted by Crippen LogP contribution is -2.04. The molecule has 0 amide bonds. The molecule has 0 aliphatic carbocycles. The van der Waals surface area contributed by atoms with Gasteiger partial charge in [-0.15, -0.1) is 0 Å². The van der Waals surface area contributed by atoms with Gasteiger partial charge in [0.25, 0.3) is 0 Å². The molecular weight excluding hydrogens is 234 g/mol. The largest absolute Gasteiger partial charge is 0.478 e. The molecule has 5 heteroatoms. The number of carboxylic acid groups (broad SMARTS) is 1. The van der Waals surface area contributed by atoms with Gasteiger partial charge in [-0.05, 0) is 25.1 Å². The van der Waals surface area contributed by atoms with Crippen molar-refractivity contribution >= 4 is 23.2 Å². The number of carboxylic acids is 1. The zero-order chi connectivity index (χ0) is 13.3. The third-order valence-corrected chi connectivity index (χ3v) is 3.06. The molecule has 5 nitrogen and oxygen atoms in total. The second-order valence-corrected chi connectivity index (χ2v) is 4.03. The fourth-order valence-corrected chi connectivity index (χ4v) is 2.18. The fraction of sp³-hybridized carbons (Fsp3) is 0.231. The first kappa shape index (κ1) is 12.3. The van der Waals surface area contributed by atoms with E-state index in [-0.39, 0.29) is 12.2 Å². The second-order valence-electron chi connectivity index (χ2n) is 4.03. The third-order valence-electron chi connectivity index (χ3n) is 3.06. The van der Waals surface area contributed by atoms with Crippen LogP contribution in [0.4, 0.5) is 0 Å². The molecule has 0 saturated heterocycles. The van der Waals surface area contributed by atoms with Gasteiger partial charge in [0.1, 0.15) is 0 Å². The Morgan fingerprint density at radius 1 is 1.44 bits per heavy atom. The van der Waals surface area contributed by atoms with E-state index in [9.17, 15) is 9.59 Å². The summed E-state index contributed by atoms with van der Waals surface area (Å²) >= 11 is 0. The summed E-state index contributed by atoms with van der Waals surface area (Å²) in [6, 6.07) is 4.64. The molecule has 1 aromatic heterocycles. The van der Waals surface area contributed by atoms with Crippen LogP contribution < -0.4 is 0 Å². The first-order valence-corrected chi connectivity index (χ1v) is 5.52. The number of aromatic carboxylic acids is 1. The minimum Gasteiger partial charge on any atom is -0.478 e. The van der Waals surface area contributed by atoms with Gasteiger partial charge in [0.2, 0.25) is 0 Å². The summed E-state index contributed by atoms with van der Waals surface area (Å²) in [6.45, 7) is 2.12. The predicted octanol–water partition coefficient (Wildman–Crippen LogP) is 1.45. The van der Waals surface area contributed by atoms with Crippen LogP contribution in [0.1, 0.15) is 26.4 Å². The van der Waals surface area contributed by atoms with Gasteiger partial charge in [0, 0.05) is 28.7 Å². The van der Waals surface area contributed by atoms with Gasteiger partial charge in [-0.25, -0.2) is 4.79 Å². The molecule has 0 unspecified atom stereocenters. The number of aliphatic hydroxyl groups is 1. The topological polar surface area (TPSA) is 79.5 Å². The predicted molar refractivity (Wildman–Crippen MR) is 66.1 cm³/mol. The Balaban J connectivity index is 2.77. The van der Waals surface area contributed by atoms with Gasteiger partial charge in [-0.3, -0.25) is 4.79 Å². The fourth-order valence-electron chi connectivity index (χ4n) is 2.18. The summed E-state index contributed by atoms with van der Waals surface area (Å²) in [5, 5.41) is 18.6. The van der Waals surface area contributed by atoms with Crippen LogP contribution in [0.15, 0.2) is 18.2 Å². The van der Waals surface area contributed by atoms with E-state index in [1.54, 1.807) is 13.0 Å². The van der Waals surface area contributed by atoms with Crippen LogP contribution in [0.5, 0.6) is 0 Å². The summed E-state index contributed by atoms with van der Waals surface area (Å²) in [7, 11) is 0. The first-order valence-electron chi connectivity index (χ1n) is 5.52. The first-order chi connectivity index (χ1) is 8.60. The zero-order valence-electron chi connectivity index (χ0n) is 9.88. The minimum atomic E-state index is -1.03. The molecule has 0 atom stereocenters. The molecule has 2 aromatic rings. The lowest BCUT2D eigenvalue weighted by molar-refractivity contribution is 0.0697. The SMILES string of the molecule is Cc1c(C=O)c2cc(C(=O)O)ccc2n1CCO. The lowest BCUT2D eigenvalue weighted by atomic mass is 10.1. The number of nitrogens with zero attached hydrogens (tertiary/aromatic N) is 1. The average molecular weight is 247 g/mol. The van der Waals surface area contributed by atoms with Crippen molar-refractivity contribution in [1.82, 2.24) is 4.57 Å². The number of benzene rings is 1. The monoisotopic (exact) mass is 247 g/mol. The second kappa shape index (κ2) is 4.62. The summed E-state index contributed by atoms with van der Waals surface area (Å²) < 4.78 is 1.81. The van der Waals surface area contributed by atoms with Gasteiger partial charge in [0.05, 0.1) is 12.2 Å². The molecule has 0 aliphatic rings. The molecule has 2 rings (SSSR count). The van der Waals surface area contributed by atoms with Gasteiger partial charge >= 0.3 is 5.97 Å². The van der Waals surface area contributed by atoms with Crippen molar-refractivity contribution in [2.45, 2.75) is 13.5 Å². The van der Waals surface area contributed by atoms with E-state index in [2.05, 4.69) is 0 Å². The van der Waals surface area contributed by atoms with E-state index in [1.807, 2.05) is 4.57 Å². The summed E-state index contributed by atoms with van der Waals surface area (Å²) in [5.41, 5.74) is 2.11. The molecular formula is C13H13NO4. The Morgan fingerprint density at radius 3 is 2.72 bits per heavy atom. The normalized spacial score (nSPS) is 10.8. The molecule has 2 N–H and O–H groups in total. The Morgan fingerprint density at radius 2 is 2.17 bits per heavy atom. The maximum atomic E-state index is 11.1. The van der Waals surface area contributed by atoms with Crippen LogP contribution >= 0.6 is 0 Å². The van der Waals surface area contributed by atoms with E-state index in [1.165, 1.54) is 12.1 Å². The molecule has 1 aromatic carbocycles. The number of aldehydes is 1. The highest BCUT2D eigenvalue weighted by Gasteiger charge is 2.15. The smallest absolute Gasteiger partial charge is 0.335 e. The average Bonchev–Trinajstić information content (AvgIpc) is 2.62. The standard InChI is InChI=1S/C13H13NO4/c1-8-11(7-16)10-6-9(13(17)18)2-3-12(10)14(8)4-5-15/h2-3,6-7,15H,4-5H2,1H3,(H,17,18). The van der Waals surface area contributed by atoms with Crippen LogP contribution in [0.2, 0.25) is 0 Å². The summed E-state index contributed by atoms with van der Waals surface area (Å²) in [4.78, 5) is 22.0. The lowest BCUT2D eigenvalue weighted by Gasteiger charge is -2.05. The number of carbonyl (C=O) groups excluding carboxylic acids is 1. The Kier molecular flexibility index (Phi) is 3.16. The van der Waals surface area contributed by atoms with Gasteiger partial charge in [-0.2, -0.15) is 0 Å². The van der Waals surface area contributed by atoms with E-state index in [4.69, 9.17) is 10.2 Å².